The number of nitrogens with one attached hydrogen (secondary N) is 1. The van der Waals surface area contributed by atoms with E-state index in [-0.39, 0.29) is 6.61 Å². The quantitative estimate of drug-likeness (QED) is 0.708. The molecule has 0 spiro atoms. The fourth-order valence-electron chi connectivity index (χ4n) is 1.24. The number of rotatable bonds is 3. The van der Waals surface area contributed by atoms with Gasteiger partial charge in [-0.15, -0.1) is 0 Å². The minimum atomic E-state index is 0.0809. The Kier molecular flexibility index (Phi) is 2.28. The van der Waals surface area contributed by atoms with Gasteiger partial charge in [-0.3, -0.25) is 0 Å². The third-order valence-corrected chi connectivity index (χ3v) is 1.80. The molecule has 0 radical (unpaired) electrons. The van der Waals surface area contributed by atoms with E-state index in [2.05, 4.69) is 20.4 Å². The summed E-state index contributed by atoms with van der Waals surface area (Å²) >= 11 is 0. The molecule has 74 valence electrons. The number of aliphatic hydroxyl groups is 1. The molecule has 6 nitrogen and oxygen atoms in total. The first-order chi connectivity index (χ1) is 6.81. The third kappa shape index (κ3) is 1.51. The number of aromatic nitrogens is 4. The fraction of sp³-hybridized carbons (Fsp3) is 0.375. The largest absolute Gasteiger partial charge is 0.395 e. The molecule has 0 unspecified atom stereocenters. The Bertz CT molecular complexity index is 438. The zero-order valence-electron chi connectivity index (χ0n) is 7.80. The Labute approximate surface area is 80.6 Å². The second kappa shape index (κ2) is 3.59. The predicted molar refractivity (Wildman–Crippen MR) is 51.1 cm³/mol. The molecule has 2 N–H and O–H groups in total. The van der Waals surface area contributed by atoms with Crippen molar-refractivity contribution in [2.24, 2.45) is 0 Å². The van der Waals surface area contributed by atoms with Gasteiger partial charge in [-0.2, -0.15) is 14.6 Å². The lowest BCUT2D eigenvalue weighted by Crippen LogP contribution is -2.10. The zero-order valence-corrected chi connectivity index (χ0v) is 7.80. The Morgan fingerprint density at radius 3 is 3.21 bits per heavy atom. The SMILES string of the molecule is Cc1cc(NCCO)n2ncnc2n1. The highest BCUT2D eigenvalue weighted by Gasteiger charge is 2.03. The van der Waals surface area contributed by atoms with Gasteiger partial charge in [0.2, 0.25) is 0 Å². The summed E-state index contributed by atoms with van der Waals surface area (Å²) in [6.07, 6.45) is 1.45. The molecule has 0 saturated carbocycles. The van der Waals surface area contributed by atoms with Crippen LogP contribution in [0, 0.1) is 6.92 Å². The first-order valence-electron chi connectivity index (χ1n) is 4.33. The molecular formula is C8H11N5O. The number of aryl methyl sites for hydroxylation is 1. The summed E-state index contributed by atoms with van der Waals surface area (Å²) in [7, 11) is 0. The lowest BCUT2D eigenvalue weighted by Gasteiger charge is -2.06. The second-order valence-electron chi connectivity index (χ2n) is 2.90. The number of hydrogen-bond donors (Lipinski definition) is 2. The van der Waals surface area contributed by atoms with Gasteiger partial charge in [0.15, 0.2) is 0 Å². The Morgan fingerprint density at radius 1 is 1.57 bits per heavy atom. The van der Waals surface area contributed by atoms with Crippen molar-refractivity contribution >= 4 is 11.6 Å². The van der Waals surface area contributed by atoms with Crippen LogP contribution in [0.5, 0.6) is 0 Å². The fourth-order valence-corrected chi connectivity index (χ4v) is 1.24. The normalized spacial score (nSPS) is 10.7. The van der Waals surface area contributed by atoms with Gasteiger partial charge in [-0.1, -0.05) is 0 Å². The summed E-state index contributed by atoms with van der Waals surface area (Å²) in [4.78, 5) is 8.18. The van der Waals surface area contributed by atoms with Crippen LogP contribution in [0.2, 0.25) is 0 Å². The van der Waals surface area contributed by atoms with Crippen molar-refractivity contribution in [2.75, 3.05) is 18.5 Å². The number of fused-ring (bicyclic) bond motifs is 1. The van der Waals surface area contributed by atoms with E-state index in [1.807, 2.05) is 13.0 Å². The van der Waals surface area contributed by atoms with E-state index in [4.69, 9.17) is 5.11 Å². The molecule has 0 atom stereocenters. The standard InChI is InChI=1S/C8H11N5O/c1-6-4-7(9-2-3-14)13-8(12-6)10-5-11-13/h4-5,9,14H,2-3H2,1H3. The first kappa shape index (κ1) is 8.89. The lowest BCUT2D eigenvalue weighted by molar-refractivity contribution is 0.311. The molecule has 0 fully saturated rings. The molecule has 2 heterocycles. The minimum Gasteiger partial charge on any atom is -0.395 e. The van der Waals surface area contributed by atoms with Crippen molar-refractivity contribution in [2.45, 2.75) is 6.92 Å². The van der Waals surface area contributed by atoms with Crippen molar-refractivity contribution in [3.63, 3.8) is 0 Å². The van der Waals surface area contributed by atoms with Gasteiger partial charge >= 0.3 is 0 Å². The maximum absolute atomic E-state index is 8.70. The molecular weight excluding hydrogens is 182 g/mol. The molecule has 0 bridgehead atoms. The maximum Gasteiger partial charge on any atom is 0.254 e. The van der Waals surface area contributed by atoms with E-state index in [1.54, 1.807) is 4.52 Å². The van der Waals surface area contributed by atoms with Crippen molar-refractivity contribution in [3.8, 4) is 0 Å². The van der Waals surface area contributed by atoms with Crippen molar-refractivity contribution < 1.29 is 5.11 Å². The van der Waals surface area contributed by atoms with Gasteiger partial charge in [-0.25, -0.2) is 4.98 Å². The summed E-state index contributed by atoms with van der Waals surface area (Å²) in [5, 5.41) is 15.7. The summed E-state index contributed by atoms with van der Waals surface area (Å²) < 4.78 is 1.60. The van der Waals surface area contributed by atoms with Crippen LogP contribution in [0.1, 0.15) is 5.69 Å². The van der Waals surface area contributed by atoms with Crippen LogP contribution in [0.4, 0.5) is 5.82 Å². The minimum absolute atomic E-state index is 0.0809. The Balaban J connectivity index is 2.44. The highest BCUT2D eigenvalue weighted by atomic mass is 16.3. The summed E-state index contributed by atoms with van der Waals surface area (Å²) in [6.45, 7) is 2.45. The molecule has 0 aliphatic heterocycles. The van der Waals surface area contributed by atoms with Gasteiger partial charge in [0.1, 0.15) is 12.1 Å². The van der Waals surface area contributed by atoms with Gasteiger partial charge in [0.05, 0.1) is 6.61 Å². The summed E-state index contributed by atoms with van der Waals surface area (Å²) in [6, 6.07) is 1.86. The van der Waals surface area contributed by atoms with Gasteiger partial charge in [-0.05, 0) is 6.92 Å². The van der Waals surface area contributed by atoms with E-state index in [1.165, 1.54) is 6.33 Å². The molecule has 14 heavy (non-hydrogen) atoms. The van der Waals surface area contributed by atoms with E-state index in [9.17, 15) is 0 Å². The van der Waals surface area contributed by atoms with E-state index in [0.717, 1.165) is 11.5 Å². The molecule has 2 rings (SSSR count). The van der Waals surface area contributed by atoms with Crippen LogP contribution >= 0.6 is 0 Å². The van der Waals surface area contributed by atoms with Crippen molar-refractivity contribution in [1.29, 1.82) is 0 Å². The molecule has 0 aliphatic carbocycles. The van der Waals surface area contributed by atoms with Crippen molar-refractivity contribution in [3.05, 3.63) is 18.1 Å². The van der Waals surface area contributed by atoms with Crippen LogP contribution in [0.15, 0.2) is 12.4 Å². The predicted octanol–water partition coefficient (Wildman–Crippen LogP) is -0.163. The van der Waals surface area contributed by atoms with Crippen LogP contribution in [0.25, 0.3) is 5.78 Å². The second-order valence-corrected chi connectivity index (χ2v) is 2.90. The maximum atomic E-state index is 8.70. The molecule has 6 heteroatoms. The molecule has 0 saturated heterocycles. The summed E-state index contributed by atoms with van der Waals surface area (Å²) in [5.41, 5.74) is 0.867. The van der Waals surface area contributed by atoms with Gasteiger partial charge in [0, 0.05) is 18.3 Å². The average molecular weight is 193 g/mol. The highest BCUT2D eigenvalue weighted by Crippen LogP contribution is 2.09. The van der Waals surface area contributed by atoms with Crippen LogP contribution in [-0.4, -0.2) is 37.8 Å². The topological polar surface area (TPSA) is 75.3 Å². The summed E-state index contributed by atoms with van der Waals surface area (Å²) in [5.74, 6) is 1.35. The zero-order chi connectivity index (χ0) is 9.97. The van der Waals surface area contributed by atoms with Crippen LogP contribution in [0.3, 0.4) is 0 Å². The molecule has 0 amide bonds. The van der Waals surface area contributed by atoms with Crippen LogP contribution in [-0.2, 0) is 0 Å². The van der Waals surface area contributed by atoms with E-state index >= 15 is 0 Å². The van der Waals surface area contributed by atoms with Crippen LogP contribution < -0.4 is 5.32 Å². The van der Waals surface area contributed by atoms with E-state index < -0.39 is 0 Å². The lowest BCUT2D eigenvalue weighted by atomic mass is 10.4. The number of hydrogen-bond acceptors (Lipinski definition) is 5. The smallest absolute Gasteiger partial charge is 0.254 e. The Morgan fingerprint density at radius 2 is 2.43 bits per heavy atom. The van der Waals surface area contributed by atoms with Crippen molar-refractivity contribution in [1.82, 2.24) is 19.6 Å². The third-order valence-electron chi connectivity index (χ3n) is 1.80. The van der Waals surface area contributed by atoms with Gasteiger partial charge < -0.3 is 10.4 Å². The Hall–Kier alpha value is -1.69. The number of nitrogens with zero attached hydrogens (tertiary/aromatic N) is 4. The highest BCUT2D eigenvalue weighted by molar-refractivity contribution is 5.44. The monoisotopic (exact) mass is 193 g/mol. The van der Waals surface area contributed by atoms with E-state index in [0.29, 0.717) is 12.3 Å². The molecule has 2 aromatic rings. The molecule has 2 aromatic heterocycles. The number of anilines is 1. The van der Waals surface area contributed by atoms with Gasteiger partial charge in [0.25, 0.3) is 5.78 Å². The molecule has 0 aliphatic rings. The average Bonchev–Trinajstić information content (AvgIpc) is 2.61. The first-order valence-corrected chi connectivity index (χ1v) is 4.33. The molecule has 0 aromatic carbocycles. The number of aliphatic hydroxyl groups excluding tert-OH is 1.